The highest BCUT2D eigenvalue weighted by Gasteiger charge is 2.28. The highest BCUT2D eigenvalue weighted by molar-refractivity contribution is 5.50. The van der Waals surface area contributed by atoms with E-state index in [4.69, 9.17) is 4.74 Å². The fraction of sp³-hybridized carbons (Fsp3) is 0.389. The first kappa shape index (κ1) is 14.9. The molecule has 1 aromatic carbocycles. The van der Waals surface area contributed by atoms with Crippen molar-refractivity contribution < 1.29 is 4.74 Å². The van der Waals surface area contributed by atoms with E-state index in [0.717, 1.165) is 30.7 Å². The van der Waals surface area contributed by atoms with Crippen LogP contribution in [0.5, 0.6) is 5.75 Å². The molecule has 0 N–H and O–H groups in total. The van der Waals surface area contributed by atoms with Crippen molar-refractivity contribution in [2.75, 3.05) is 13.7 Å². The lowest BCUT2D eigenvalue weighted by Gasteiger charge is -2.19. The number of benzene rings is 1. The van der Waals surface area contributed by atoms with Gasteiger partial charge in [0.05, 0.1) is 13.7 Å². The third-order valence-electron chi connectivity index (χ3n) is 4.09. The lowest BCUT2D eigenvalue weighted by Crippen LogP contribution is -2.27. The van der Waals surface area contributed by atoms with Gasteiger partial charge in [-0.25, -0.2) is 4.98 Å². The Morgan fingerprint density at radius 3 is 2.68 bits per heavy atom. The second kappa shape index (κ2) is 6.79. The van der Waals surface area contributed by atoms with Crippen LogP contribution in [0, 0.1) is 0 Å². The SMILES string of the molecule is COc1ccc(/C=C/CN(Cc2nccn2C)C2CC2)cc1. The Balaban J connectivity index is 1.59. The molecule has 1 aliphatic rings. The van der Waals surface area contributed by atoms with Crippen LogP contribution in [0.25, 0.3) is 6.08 Å². The Bertz CT molecular complexity index is 626. The Morgan fingerprint density at radius 1 is 1.32 bits per heavy atom. The van der Waals surface area contributed by atoms with Crippen molar-refractivity contribution in [2.45, 2.75) is 25.4 Å². The molecule has 0 aliphatic heterocycles. The average molecular weight is 297 g/mol. The van der Waals surface area contributed by atoms with Gasteiger partial charge in [0.1, 0.15) is 11.6 Å². The molecule has 22 heavy (non-hydrogen) atoms. The summed E-state index contributed by atoms with van der Waals surface area (Å²) in [6, 6.07) is 8.86. The quantitative estimate of drug-likeness (QED) is 0.786. The van der Waals surface area contributed by atoms with E-state index < -0.39 is 0 Å². The van der Waals surface area contributed by atoms with E-state index in [0.29, 0.717) is 0 Å². The first-order chi connectivity index (χ1) is 10.8. The summed E-state index contributed by atoms with van der Waals surface area (Å²) in [7, 11) is 3.75. The van der Waals surface area contributed by atoms with Gasteiger partial charge in [-0.15, -0.1) is 0 Å². The summed E-state index contributed by atoms with van der Waals surface area (Å²) >= 11 is 0. The van der Waals surface area contributed by atoms with Gasteiger partial charge in [0.25, 0.3) is 0 Å². The number of nitrogens with zero attached hydrogens (tertiary/aromatic N) is 3. The molecule has 1 saturated carbocycles. The fourth-order valence-electron chi connectivity index (χ4n) is 2.55. The van der Waals surface area contributed by atoms with Gasteiger partial charge in [0.2, 0.25) is 0 Å². The zero-order chi connectivity index (χ0) is 15.4. The molecule has 1 aliphatic carbocycles. The van der Waals surface area contributed by atoms with Gasteiger partial charge in [0, 0.05) is 32.0 Å². The number of imidazole rings is 1. The molecule has 0 saturated heterocycles. The van der Waals surface area contributed by atoms with Crippen molar-refractivity contribution in [1.82, 2.24) is 14.5 Å². The Hall–Kier alpha value is -2.07. The van der Waals surface area contributed by atoms with Gasteiger partial charge in [0.15, 0.2) is 0 Å². The normalized spacial score (nSPS) is 14.9. The van der Waals surface area contributed by atoms with Crippen LogP contribution in [0.2, 0.25) is 0 Å². The van der Waals surface area contributed by atoms with Gasteiger partial charge in [-0.2, -0.15) is 0 Å². The minimum atomic E-state index is 0.720. The molecule has 2 aromatic rings. The third kappa shape index (κ3) is 3.77. The van der Waals surface area contributed by atoms with Gasteiger partial charge in [-0.05, 0) is 30.5 Å². The summed E-state index contributed by atoms with van der Waals surface area (Å²) in [5, 5.41) is 0. The zero-order valence-corrected chi connectivity index (χ0v) is 13.3. The predicted molar refractivity (Wildman–Crippen MR) is 88.7 cm³/mol. The monoisotopic (exact) mass is 297 g/mol. The molecular weight excluding hydrogens is 274 g/mol. The van der Waals surface area contributed by atoms with Crippen LogP contribution < -0.4 is 4.74 Å². The van der Waals surface area contributed by atoms with E-state index in [2.05, 4.69) is 45.8 Å². The standard InChI is InChI=1S/C18H23N3O/c1-20-13-11-19-18(20)14-21(16-7-8-16)12-3-4-15-5-9-17(22-2)10-6-15/h3-6,9-11,13,16H,7-8,12,14H2,1-2H3/b4-3+. The Labute approximate surface area is 132 Å². The van der Waals surface area contributed by atoms with Crippen molar-refractivity contribution in [3.8, 4) is 5.75 Å². The maximum Gasteiger partial charge on any atom is 0.122 e. The number of rotatable bonds is 7. The highest BCUT2D eigenvalue weighted by atomic mass is 16.5. The van der Waals surface area contributed by atoms with Crippen LogP contribution in [-0.4, -0.2) is 34.1 Å². The van der Waals surface area contributed by atoms with Crippen molar-refractivity contribution in [3.05, 3.63) is 54.1 Å². The lowest BCUT2D eigenvalue weighted by molar-refractivity contribution is 0.274. The predicted octanol–water partition coefficient (Wildman–Crippen LogP) is 3.11. The summed E-state index contributed by atoms with van der Waals surface area (Å²) in [6.45, 7) is 1.88. The minimum absolute atomic E-state index is 0.720. The van der Waals surface area contributed by atoms with Crippen molar-refractivity contribution in [2.24, 2.45) is 7.05 Å². The molecule has 0 spiro atoms. The molecule has 0 amide bonds. The molecule has 0 radical (unpaired) electrons. The average Bonchev–Trinajstić information content (AvgIpc) is 3.31. The number of aryl methyl sites for hydroxylation is 1. The molecule has 0 unspecified atom stereocenters. The zero-order valence-electron chi connectivity index (χ0n) is 13.3. The third-order valence-corrected chi connectivity index (χ3v) is 4.09. The number of methoxy groups -OCH3 is 1. The maximum atomic E-state index is 5.18. The highest BCUT2D eigenvalue weighted by Crippen LogP contribution is 2.28. The van der Waals surface area contributed by atoms with Crippen LogP contribution in [0.3, 0.4) is 0 Å². The second-order valence-corrected chi connectivity index (χ2v) is 5.79. The van der Waals surface area contributed by atoms with E-state index in [-0.39, 0.29) is 0 Å². The van der Waals surface area contributed by atoms with E-state index in [1.165, 1.54) is 18.4 Å². The maximum absolute atomic E-state index is 5.18. The summed E-state index contributed by atoms with van der Waals surface area (Å²) in [5.41, 5.74) is 1.20. The van der Waals surface area contributed by atoms with E-state index in [9.17, 15) is 0 Å². The molecule has 4 heteroatoms. The van der Waals surface area contributed by atoms with Crippen LogP contribution in [0.1, 0.15) is 24.2 Å². The van der Waals surface area contributed by atoms with Gasteiger partial charge >= 0.3 is 0 Å². The first-order valence-corrected chi connectivity index (χ1v) is 7.77. The fourth-order valence-corrected chi connectivity index (χ4v) is 2.55. The Kier molecular flexibility index (Phi) is 4.59. The molecular formula is C18H23N3O. The van der Waals surface area contributed by atoms with Crippen molar-refractivity contribution in [3.63, 3.8) is 0 Å². The summed E-state index contributed by atoms with van der Waals surface area (Å²) in [4.78, 5) is 6.94. The Morgan fingerprint density at radius 2 is 2.09 bits per heavy atom. The second-order valence-electron chi connectivity index (χ2n) is 5.79. The number of ether oxygens (including phenoxy) is 1. The van der Waals surface area contributed by atoms with E-state index in [1.807, 2.05) is 24.5 Å². The van der Waals surface area contributed by atoms with Crippen LogP contribution in [0.15, 0.2) is 42.7 Å². The largest absolute Gasteiger partial charge is 0.497 e. The summed E-state index contributed by atoms with van der Waals surface area (Å²) in [6.07, 6.45) is 10.9. The van der Waals surface area contributed by atoms with Crippen LogP contribution in [-0.2, 0) is 13.6 Å². The summed E-state index contributed by atoms with van der Waals surface area (Å²) < 4.78 is 7.28. The topological polar surface area (TPSA) is 30.3 Å². The van der Waals surface area contributed by atoms with Gasteiger partial charge in [-0.1, -0.05) is 24.3 Å². The van der Waals surface area contributed by atoms with Crippen LogP contribution >= 0.6 is 0 Å². The lowest BCUT2D eigenvalue weighted by atomic mass is 10.2. The van der Waals surface area contributed by atoms with E-state index in [1.54, 1.807) is 7.11 Å². The molecule has 1 fully saturated rings. The molecule has 0 bridgehead atoms. The molecule has 1 heterocycles. The molecule has 4 nitrogen and oxygen atoms in total. The van der Waals surface area contributed by atoms with Gasteiger partial charge < -0.3 is 9.30 Å². The van der Waals surface area contributed by atoms with E-state index >= 15 is 0 Å². The number of hydrogen-bond acceptors (Lipinski definition) is 3. The number of hydrogen-bond donors (Lipinski definition) is 0. The first-order valence-electron chi connectivity index (χ1n) is 7.77. The van der Waals surface area contributed by atoms with Crippen LogP contribution in [0.4, 0.5) is 0 Å². The van der Waals surface area contributed by atoms with Gasteiger partial charge in [-0.3, -0.25) is 4.90 Å². The summed E-state index contributed by atoms with van der Waals surface area (Å²) in [5.74, 6) is 2.02. The molecule has 3 rings (SSSR count). The van der Waals surface area contributed by atoms with Crippen molar-refractivity contribution in [1.29, 1.82) is 0 Å². The smallest absolute Gasteiger partial charge is 0.122 e. The number of aromatic nitrogens is 2. The minimum Gasteiger partial charge on any atom is -0.497 e. The molecule has 0 atom stereocenters. The molecule has 116 valence electrons. The van der Waals surface area contributed by atoms with Crippen molar-refractivity contribution >= 4 is 6.08 Å². The molecule has 1 aromatic heterocycles.